The standard InChI is InChI=1S/C22H23N3O4/c1-3-29-22(28)25-19-18(14-23(25)13-16-7-5-4-6-8-16)20(26)24(21(19)27)17-11-9-15(2)10-12-17/h4-12,18-19H,3,13-14H2,1-2H3. The number of ether oxygens (including phenoxy) is 1. The molecule has 29 heavy (non-hydrogen) atoms. The lowest BCUT2D eigenvalue weighted by Gasteiger charge is -2.31. The first-order valence-corrected chi connectivity index (χ1v) is 9.70. The molecule has 0 bridgehead atoms. The van der Waals surface area contributed by atoms with Crippen molar-refractivity contribution in [2.24, 2.45) is 5.92 Å². The summed E-state index contributed by atoms with van der Waals surface area (Å²) in [5.74, 6) is -1.29. The van der Waals surface area contributed by atoms with Crippen molar-refractivity contribution in [2.75, 3.05) is 18.1 Å². The Morgan fingerprint density at radius 2 is 1.72 bits per heavy atom. The maximum Gasteiger partial charge on any atom is 0.425 e. The zero-order chi connectivity index (χ0) is 20.5. The predicted octanol–water partition coefficient (Wildman–Crippen LogP) is 2.74. The second-order valence-corrected chi connectivity index (χ2v) is 7.27. The van der Waals surface area contributed by atoms with E-state index in [-0.39, 0.29) is 19.1 Å². The molecule has 150 valence electrons. The molecule has 4 rings (SSSR count). The van der Waals surface area contributed by atoms with Crippen molar-refractivity contribution < 1.29 is 19.1 Å². The molecule has 3 amide bonds. The van der Waals surface area contributed by atoms with Crippen LogP contribution in [0.3, 0.4) is 0 Å². The van der Waals surface area contributed by atoms with Crippen molar-refractivity contribution in [1.29, 1.82) is 0 Å². The molecule has 2 aliphatic rings. The maximum atomic E-state index is 13.2. The monoisotopic (exact) mass is 393 g/mol. The molecule has 2 aromatic carbocycles. The zero-order valence-corrected chi connectivity index (χ0v) is 16.4. The van der Waals surface area contributed by atoms with E-state index < -0.39 is 24.0 Å². The van der Waals surface area contributed by atoms with Gasteiger partial charge in [-0.3, -0.25) is 9.59 Å². The Bertz CT molecular complexity index is 929. The first kappa shape index (κ1) is 19.1. The molecule has 2 atom stereocenters. The normalized spacial score (nSPS) is 21.6. The Morgan fingerprint density at radius 3 is 2.38 bits per heavy atom. The molecule has 0 radical (unpaired) electrons. The minimum Gasteiger partial charge on any atom is -0.449 e. The number of anilines is 1. The molecule has 2 unspecified atom stereocenters. The van der Waals surface area contributed by atoms with Crippen LogP contribution in [0.25, 0.3) is 0 Å². The van der Waals surface area contributed by atoms with E-state index in [1.807, 2.05) is 49.4 Å². The van der Waals surface area contributed by atoms with Crippen molar-refractivity contribution >= 4 is 23.6 Å². The lowest BCUT2D eigenvalue weighted by Crippen LogP contribution is -2.50. The lowest BCUT2D eigenvalue weighted by atomic mass is 10.1. The summed E-state index contributed by atoms with van der Waals surface area (Å²) in [6.07, 6.45) is -0.608. The second-order valence-electron chi connectivity index (χ2n) is 7.27. The summed E-state index contributed by atoms with van der Waals surface area (Å²) in [4.78, 5) is 40.2. The summed E-state index contributed by atoms with van der Waals surface area (Å²) in [6, 6.07) is 16.0. The van der Waals surface area contributed by atoms with E-state index in [2.05, 4.69) is 0 Å². The molecule has 7 nitrogen and oxygen atoms in total. The Balaban J connectivity index is 1.65. The molecule has 2 aromatic rings. The molecule has 0 spiro atoms. The zero-order valence-electron chi connectivity index (χ0n) is 16.4. The number of fused-ring (bicyclic) bond motifs is 1. The Morgan fingerprint density at radius 1 is 1.03 bits per heavy atom. The van der Waals surface area contributed by atoms with E-state index in [9.17, 15) is 14.4 Å². The minimum atomic E-state index is -0.883. The van der Waals surface area contributed by atoms with Gasteiger partial charge in [-0.15, -0.1) is 0 Å². The van der Waals surface area contributed by atoms with E-state index in [1.165, 1.54) is 9.91 Å². The average molecular weight is 393 g/mol. The maximum absolute atomic E-state index is 13.2. The molecule has 7 heteroatoms. The van der Waals surface area contributed by atoms with Crippen molar-refractivity contribution in [3.63, 3.8) is 0 Å². The van der Waals surface area contributed by atoms with Crippen molar-refractivity contribution in [2.45, 2.75) is 26.4 Å². The van der Waals surface area contributed by atoms with E-state index >= 15 is 0 Å². The fourth-order valence-electron chi connectivity index (χ4n) is 3.96. The van der Waals surface area contributed by atoms with Crippen molar-refractivity contribution in [1.82, 2.24) is 10.0 Å². The topological polar surface area (TPSA) is 70.2 Å². The SMILES string of the molecule is CCOC(=O)N1C2C(=O)N(c3ccc(C)cc3)C(=O)C2CN1Cc1ccccc1. The van der Waals surface area contributed by atoms with Gasteiger partial charge in [0.1, 0.15) is 6.04 Å². The highest BCUT2D eigenvalue weighted by atomic mass is 16.6. The highest BCUT2D eigenvalue weighted by Crippen LogP contribution is 2.37. The van der Waals surface area contributed by atoms with E-state index in [4.69, 9.17) is 4.74 Å². The highest BCUT2D eigenvalue weighted by molar-refractivity contribution is 6.24. The van der Waals surface area contributed by atoms with Crippen molar-refractivity contribution in [3.8, 4) is 0 Å². The van der Waals surface area contributed by atoms with Crippen LogP contribution in [0, 0.1) is 12.8 Å². The summed E-state index contributed by atoms with van der Waals surface area (Å²) >= 11 is 0. The average Bonchev–Trinajstić information content (AvgIpc) is 3.19. The van der Waals surface area contributed by atoms with E-state index in [0.29, 0.717) is 12.2 Å². The van der Waals surface area contributed by atoms with Crippen LogP contribution in [0.2, 0.25) is 0 Å². The third-order valence-corrected chi connectivity index (χ3v) is 5.32. The molecule has 0 N–H and O–H groups in total. The van der Waals surface area contributed by atoms with Gasteiger partial charge in [0.05, 0.1) is 18.2 Å². The van der Waals surface area contributed by atoms with Gasteiger partial charge in [-0.25, -0.2) is 19.7 Å². The molecule has 2 fully saturated rings. The summed E-state index contributed by atoms with van der Waals surface area (Å²) in [7, 11) is 0. The van der Waals surface area contributed by atoms with Crippen LogP contribution in [-0.4, -0.2) is 47.1 Å². The van der Waals surface area contributed by atoms with Crippen molar-refractivity contribution in [3.05, 3.63) is 65.7 Å². The number of carbonyl (C=O) groups excluding carboxylic acids is 3. The number of aryl methyl sites for hydroxylation is 1. The predicted molar refractivity (Wildman–Crippen MR) is 107 cm³/mol. The van der Waals surface area contributed by atoms with Crippen LogP contribution < -0.4 is 4.90 Å². The fraction of sp³-hybridized carbons (Fsp3) is 0.318. The number of carbonyl (C=O) groups is 3. The van der Waals surface area contributed by atoms with E-state index in [0.717, 1.165) is 11.1 Å². The summed E-state index contributed by atoms with van der Waals surface area (Å²) < 4.78 is 5.21. The molecule has 0 saturated carbocycles. The first-order chi connectivity index (χ1) is 14.0. The van der Waals surface area contributed by atoms with Crippen LogP contribution in [0.1, 0.15) is 18.1 Å². The van der Waals surface area contributed by atoms with E-state index in [1.54, 1.807) is 24.1 Å². The number of nitrogens with zero attached hydrogens (tertiary/aromatic N) is 3. The largest absolute Gasteiger partial charge is 0.449 e. The molecule has 0 aromatic heterocycles. The van der Waals surface area contributed by atoms with Gasteiger partial charge in [-0.2, -0.15) is 0 Å². The quantitative estimate of drug-likeness (QED) is 0.747. The van der Waals surface area contributed by atoms with Gasteiger partial charge < -0.3 is 4.74 Å². The number of benzene rings is 2. The fourth-order valence-corrected chi connectivity index (χ4v) is 3.96. The summed E-state index contributed by atoms with van der Waals surface area (Å²) in [5, 5.41) is 3.07. The van der Waals surface area contributed by atoms with Gasteiger partial charge in [0.25, 0.3) is 5.91 Å². The molecule has 2 saturated heterocycles. The second kappa shape index (κ2) is 7.67. The smallest absolute Gasteiger partial charge is 0.425 e. The lowest BCUT2D eigenvalue weighted by molar-refractivity contribution is -0.126. The van der Waals surface area contributed by atoms with Gasteiger partial charge in [0.2, 0.25) is 5.91 Å². The summed E-state index contributed by atoms with van der Waals surface area (Å²) in [5.41, 5.74) is 2.55. The highest BCUT2D eigenvalue weighted by Gasteiger charge is 2.59. The summed E-state index contributed by atoms with van der Waals surface area (Å²) in [6.45, 7) is 4.54. The Kier molecular flexibility index (Phi) is 5.07. The van der Waals surface area contributed by atoms with Crippen LogP contribution in [-0.2, 0) is 20.9 Å². The number of hydrogen-bond donors (Lipinski definition) is 0. The van der Waals surface area contributed by atoms with Gasteiger partial charge in [-0.1, -0.05) is 48.0 Å². The minimum absolute atomic E-state index is 0.190. The molecular formula is C22H23N3O4. The number of amides is 3. The number of rotatable bonds is 4. The van der Waals surface area contributed by atoms with Gasteiger partial charge in [0.15, 0.2) is 0 Å². The molecule has 2 aliphatic heterocycles. The molecular weight excluding hydrogens is 370 g/mol. The third kappa shape index (κ3) is 3.38. The number of hydrogen-bond acceptors (Lipinski definition) is 5. The van der Waals surface area contributed by atoms with Crippen LogP contribution in [0.5, 0.6) is 0 Å². The number of imide groups is 1. The van der Waals surface area contributed by atoms with Gasteiger partial charge >= 0.3 is 6.09 Å². The number of hydrazine groups is 1. The Hall–Kier alpha value is -3.19. The first-order valence-electron chi connectivity index (χ1n) is 9.70. The molecule has 2 heterocycles. The van der Waals surface area contributed by atoms with Crippen LogP contribution >= 0.6 is 0 Å². The van der Waals surface area contributed by atoms with Gasteiger partial charge in [-0.05, 0) is 31.5 Å². The van der Waals surface area contributed by atoms with Crippen LogP contribution in [0.4, 0.5) is 10.5 Å². The molecule has 0 aliphatic carbocycles. The third-order valence-electron chi connectivity index (χ3n) is 5.32. The van der Waals surface area contributed by atoms with Crippen LogP contribution in [0.15, 0.2) is 54.6 Å². The van der Waals surface area contributed by atoms with Gasteiger partial charge in [0, 0.05) is 13.1 Å². The Labute approximate surface area is 169 Å².